The SMILES string of the molecule is Cc1ccccc1CN(C(=O)CCc1ccccc1)[C@H](C)C(=O)NC1CCCCC1. The third kappa shape index (κ3) is 6.19. The summed E-state index contributed by atoms with van der Waals surface area (Å²) in [7, 11) is 0. The maximum absolute atomic E-state index is 13.2. The highest BCUT2D eigenvalue weighted by Gasteiger charge is 2.28. The summed E-state index contributed by atoms with van der Waals surface area (Å²) in [6, 6.07) is 17.9. The molecule has 30 heavy (non-hydrogen) atoms. The monoisotopic (exact) mass is 406 g/mol. The third-order valence-corrected chi connectivity index (χ3v) is 6.19. The Kier molecular flexibility index (Phi) is 8.06. The van der Waals surface area contributed by atoms with Gasteiger partial charge >= 0.3 is 0 Å². The van der Waals surface area contributed by atoms with Crippen molar-refractivity contribution in [3.63, 3.8) is 0 Å². The predicted molar refractivity (Wildman–Crippen MR) is 121 cm³/mol. The molecule has 1 aliphatic carbocycles. The number of carbonyl (C=O) groups excluding carboxylic acids is 2. The van der Waals surface area contributed by atoms with E-state index in [0.717, 1.165) is 29.5 Å². The van der Waals surface area contributed by atoms with E-state index < -0.39 is 6.04 Å². The zero-order chi connectivity index (χ0) is 21.3. The van der Waals surface area contributed by atoms with Gasteiger partial charge in [0.1, 0.15) is 6.04 Å². The number of aryl methyl sites for hydroxylation is 2. The van der Waals surface area contributed by atoms with Crippen LogP contribution < -0.4 is 5.32 Å². The van der Waals surface area contributed by atoms with Crippen molar-refractivity contribution >= 4 is 11.8 Å². The maximum atomic E-state index is 13.2. The summed E-state index contributed by atoms with van der Waals surface area (Å²) in [6.45, 7) is 4.37. The van der Waals surface area contributed by atoms with Gasteiger partial charge in [-0.1, -0.05) is 73.9 Å². The van der Waals surface area contributed by atoms with Crippen LogP contribution >= 0.6 is 0 Å². The van der Waals surface area contributed by atoms with Crippen molar-refractivity contribution in [1.82, 2.24) is 10.2 Å². The first-order valence-electron chi connectivity index (χ1n) is 11.2. The Bertz CT molecular complexity index is 828. The maximum Gasteiger partial charge on any atom is 0.242 e. The van der Waals surface area contributed by atoms with Gasteiger partial charge in [0.15, 0.2) is 0 Å². The van der Waals surface area contributed by atoms with Gasteiger partial charge in [0.25, 0.3) is 0 Å². The molecule has 0 unspecified atom stereocenters. The summed E-state index contributed by atoms with van der Waals surface area (Å²) >= 11 is 0. The van der Waals surface area contributed by atoms with E-state index >= 15 is 0 Å². The van der Waals surface area contributed by atoms with Crippen molar-refractivity contribution < 1.29 is 9.59 Å². The van der Waals surface area contributed by atoms with E-state index in [1.165, 1.54) is 19.3 Å². The molecule has 0 bridgehead atoms. The van der Waals surface area contributed by atoms with Crippen molar-refractivity contribution in [2.24, 2.45) is 0 Å². The molecule has 160 valence electrons. The summed E-state index contributed by atoms with van der Waals surface area (Å²) in [4.78, 5) is 28.0. The van der Waals surface area contributed by atoms with E-state index in [1.54, 1.807) is 4.90 Å². The number of benzene rings is 2. The fourth-order valence-electron chi connectivity index (χ4n) is 4.16. The van der Waals surface area contributed by atoms with Gasteiger partial charge in [-0.2, -0.15) is 0 Å². The quantitative estimate of drug-likeness (QED) is 0.685. The summed E-state index contributed by atoms with van der Waals surface area (Å²) < 4.78 is 0. The molecule has 0 heterocycles. The minimum absolute atomic E-state index is 0.0217. The summed E-state index contributed by atoms with van der Waals surface area (Å²) in [5, 5.41) is 3.20. The van der Waals surface area contributed by atoms with Crippen LogP contribution in [0.3, 0.4) is 0 Å². The molecule has 0 aromatic heterocycles. The Hall–Kier alpha value is -2.62. The van der Waals surface area contributed by atoms with Gasteiger partial charge in [0.05, 0.1) is 0 Å². The molecule has 2 aromatic rings. The lowest BCUT2D eigenvalue weighted by molar-refractivity contribution is -0.141. The third-order valence-electron chi connectivity index (χ3n) is 6.19. The van der Waals surface area contributed by atoms with Crippen molar-refractivity contribution in [3.05, 3.63) is 71.3 Å². The minimum atomic E-state index is -0.491. The van der Waals surface area contributed by atoms with E-state index in [4.69, 9.17) is 0 Å². The lowest BCUT2D eigenvalue weighted by Crippen LogP contribution is -2.50. The van der Waals surface area contributed by atoms with E-state index in [2.05, 4.69) is 18.3 Å². The van der Waals surface area contributed by atoms with Gasteiger partial charge in [-0.3, -0.25) is 9.59 Å². The fraction of sp³-hybridized carbons (Fsp3) is 0.462. The second-order valence-electron chi connectivity index (χ2n) is 8.45. The van der Waals surface area contributed by atoms with Gasteiger partial charge in [-0.25, -0.2) is 0 Å². The summed E-state index contributed by atoms with van der Waals surface area (Å²) in [5.74, 6) is -0.0167. The van der Waals surface area contributed by atoms with Gasteiger partial charge in [0.2, 0.25) is 11.8 Å². The molecule has 2 amide bonds. The lowest BCUT2D eigenvalue weighted by atomic mass is 9.95. The van der Waals surface area contributed by atoms with Crippen molar-refractivity contribution in [2.75, 3.05) is 0 Å². The number of nitrogens with zero attached hydrogens (tertiary/aromatic N) is 1. The molecule has 1 fully saturated rings. The minimum Gasteiger partial charge on any atom is -0.352 e. The average Bonchev–Trinajstić information content (AvgIpc) is 2.78. The van der Waals surface area contributed by atoms with Crippen molar-refractivity contribution in [3.8, 4) is 0 Å². The van der Waals surface area contributed by atoms with Crippen molar-refractivity contribution in [2.45, 2.75) is 77.4 Å². The molecule has 0 radical (unpaired) electrons. The highest BCUT2D eigenvalue weighted by molar-refractivity contribution is 5.87. The summed E-state index contributed by atoms with van der Waals surface area (Å²) in [5.41, 5.74) is 3.36. The molecule has 0 aliphatic heterocycles. The second-order valence-corrected chi connectivity index (χ2v) is 8.45. The fourth-order valence-corrected chi connectivity index (χ4v) is 4.16. The highest BCUT2D eigenvalue weighted by atomic mass is 16.2. The number of nitrogens with one attached hydrogen (secondary N) is 1. The van der Waals surface area contributed by atoms with Crippen LogP contribution in [0.4, 0.5) is 0 Å². The second kappa shape index (κ2) is 11.0. The van der Waals surface area contributed by atoms with Crippen molar-refractivity contribution in [1.29, 1.82) is 0 Å². The largest absolute Gasteiger partial charge is 0.352 e. The van der Waals surface area contributed by atoms with Crippen LogP contribution in [-0.2, 0) is 22.6 Å². The molecule has 1 saturated carbocycles. The molecule has 0 spiro atoms. The van der Waals surface area contributed by atoms with Crippen LogP contribution in [0.15, 0.2) is 54.6 Å². The molecule has 1 atom stereocenters. The predicted octanol–water partition coefficient (Wildman–Crippen LogP) is 4.79. The zero-order valence-corrected chi connectivity index (χ0v) is 18.3. The van der Waals surface area contributed by atoms with Gasteiger partial charge in [-0.05, 0) is 49.8 Å². The number of hydrogen-bond donors (Lipinski definition) is 1. The lowest BCUT2D eigenvalue weighted by Gasteiger charge is -2.31. The molecular formula is C26H34N2O2. The van der Waals surface area contributed by atoms with Gasteiger partial charge in [0, 0.05) is 19.0 Å². The van der Waals surface area contributed by atoms with Crippen LogP contribution in [0, 0.1) is 6.92 Å². The van der Waals surface area contributed by atoms with Crippen LogP contribution in [0.2, 0.25) is 0 Å². The first kappa shape index (κ1) is 22.1. The molecule has 1 N–H and O–H groups in total. The van der Waals surface area contributed by atoms with E-state index in [-0.39, 0.29) is 17.9 Å². The number of amides is 2. The van der Waals surface area contributed by atoms with E-state index in [1.807, 2.05) is 55.5 Å². The van der Waals surface area contributed by atoms with Crippen LogP contribution in [0.1, 0.15) is 62.1 Å². The number of hydrogen-bond acceptors (Lipinski definition) is 2. The Balaban J connectivity index is 1.71. The van der Waals surface area contributed by atoms with E-state index in [0.29, 0.717) is 19.4 Å². The van der Waals surface area contributed by atoms with Gasteiger partial charge in [-0.15, -0.1) is 0 Å². The molecule has 0 saturated heterocycles. The Morgan fingerprint density at radius 2 is 1.67 bits per heavy atom. The molecule has 4 heteroatoms. The Morgan fingerprint density at radius 3 is 2.37 bits per heavy atom. The first-order valence-corrected chi connectivity index (χ1v) is 11.2. The molecular weight excluding hydrogens is 372 g/mol. The zero-order valence-electron chi connectivity index (χ0n) is 18.3. The average molecular weight is 407 g/mol. The smallest absolute Gasteiger partial charge is 0.242 e. The van der Waals surface area contributed by atoms with E-state index in [9.17, 15) is 9.59 Å². The number of carbonyl (C=O) groups is 2. The highest BCUT2D eigenvalue weighted by Crippen LogP contribution is 2.19. The topological polar surface area (TPSA) is 49.4 Å². The standard InChI is InChI=1S/C26H34N2O2/c1-20-11-9-10-14-23(20)19-28(25(29)18-17-22-12-5-3-6-13-22)21(2)26(30)27-24-15-7-4-8-16-24/h3,5-6,9-14,21,24H,4,7-8,15-19H2,1-2H3,(H,27,30)/t21-/m1/s1. The molecule has 4 nitrogen and oxygen atoms in total. The first-order chi connectivity index (χ1) is 14.5. The molecule has 2 aromatic carbocycles. The normalized spacial score (nSPS) is 15.4. The number of rotatable bonds is 8. The Morgan fingerprint density at radius 1 is 1.00 bits per heavy atom. The summed E-state index contributed by atoms with van der Waals surface area (Å²) in [6.07, 6.45) is 6.75. The molecule has 1 aliphatic rings. The van der Waals surface area contributed by atoms with Crippen LogP contribution in [0.25, 0.3) is 0 Å². The van der Waals surface area contributed by atoms with Crippen LogP contribution in [-0.4, -0.2) is 28.8 Å². The molecule has 3 rings (SSSR count). The van der Waals surface area contributed by atoms with Gasteiger partial charge < -0.3 is 10.2 Å². The van der Waals surface area contributed by atoms with Crippen LogP contribution in [0.5, 0.6) is 0 Å². The Labute approximate surface area is 180 Å².